The van der Waals surface area contributed by atoms with E-state index < -0.39 is 17.4 Å². The number of hydrogen-bond acceptors (Lipinski definition) is 5. The minimum atomic E-state index is -1.02. The van der Waals surface area contributed by atoms with Crippen LogP contribution in [0.3, 0.4) is 0 Å². The van der Waals surface area contributed by atoms with Crippen LogP contribution in [0.25, 0.3) is 10.8 Å². The van der Waals surface area contributed by atoms with Crippen molar-refractivity contribution in [3.8, 4) is 0 Å². The fourth-order valence-electron chi connectivity index (χ4n) is 3.55. The van der Waals surface area contributed by atoms with Gasteiger partial charge in [0.15, 0.2) is 5.69 Å². The molecule has 1 N–H and O–H groups in total. The molecule has 0 bridgehead atoms. The number of fused-ring (bicyclic) bond motifs is 1. The molecule has 7 heteroatoms. The lowest BCUT2D eigenvalue weighted by Gasteiger charge is -2.27. The maximum Gasteiger partial charge on any atom is 0.331 e. The molecular formula is C19H23N3O4. The van der Waals surface area contributed by atoms with Crippen LogP contribution < -0.4 is 10.9 Å². The van der Waals surface area contributed by atoms with Crippen LogP contribution in [0.15, 0.2) is 29.1 Å². The van der Waals surface area contributed by atoms with E-state index in [9.17, 15) is 14.4 Å². The maximum absolute atomic E-state index is 13.0. The van der Waals surface area contributed by atoms with Gasteiger partial charge in [0, 0.05) is 5.39 Å². The van der Waals surface area contributed by atoms with E-state index in [1.807, 2.05) is 13.8 Å². The summed E-state index contributed by atoms with van der Waals surface area (Å²) in [6, 6.07) is 6.69. The average Bonchev–Trinajstić information content (AvgIpc) is 3.10. The summed E-state index contributed by atoms with van der Waals surface area (Å²) in [4.78, 5) is 37.9. The van der Waals surface area contributed by atoms with E-state index in [-0.39, 0.29) is 17.3 Å². The number of carbonyl (C=O) groups is 2. The molecule has 2 aromatic rings. The van der Waals surface area contributed by atoms with Crippen molar-refractivity contribution in [3.05, 3.63) is 40.3 Å². The first-order valence-corrected chi connectivity index (χ1v) is 8.82. The first-order valence-electron chi connectivity index (χ1n) is 8.82. The van der Waals surface area contributed by atoms with Crippen LogP contribution in [0, 0.1) is 0 Å². The highest BCUT2D eigenvalue weighted by molar-refractivity contribution is 6.06. The van der Waals surface area contributed by atoms with Crippen molar-refractivity contribution in [3.63, 3.8) is 0 Å². The Morgan fingerprint density at radius 3 is 2.38 bits per heavy atom. The second kappa shape index (κ2) is 6.90. The predicted molar refractivity (Wildman–Crippen MR) is 97.1 cm³/mol. The third-order valence-electron chi connectivity index (χ3n) is 4.92. The van der Waals surface area contributed by atoms with Crippen LogP contribution in [0.5, 0.6) is 0 Å². The maximum atomic E-state index is 13.0. The highest BCUT2D eigenvalue weighted by Crippen LogP contribution is 2.31. The lowest BCUT2D eigenvalue weighted by Crippen LogP contribution is -2.53. The fraction of sp³-hybridized carbons (Fsp3) is 0.474. The standard InChI is InChI=1S/C19H23N3O4/c1-12(2)22-17(24)14-9-5-4-8-13(14)15(21-22)16(23)20-19(18(25)26-3)10-6-7-11-19/h4-5,8-9,12H,6-7,10-11H2,1-3H3,(H,20,23). The van der Waals surface area contributed by atoms with Gasteiger partial charge in [-0.05, 0) is 32.8 Å². The van der Waals surface area contributed by atoms with E-state index in [0.29, 0.717) is 23.6 Å². The van der Waals surface area contributed by atoms with Crippen molar-refractivity contribution in [2.75, 3.05) is 7.11 Å². The largest absolute Gasteiger partial charge is 0.467 e. The molecule has 0 unspecified atom stereocenters. The number of esters is 1. The highest BCUT2D eigenvalue weighted by atomic mass is 16.5. The number of carbonyl (C=O) groups excluding carboxylic acids is 2. The van der Waals surface area contributed by atoms with Gasteiger partial charge in [-0.25, -0.2) is 9.48 Å². The van der Waals surface area contributed by atoms with Crippen molar-refractivity contribution >= 4 is 22.6 Å². The molecule has 0 radical (unpaired) electrons. The highest BCUT2D eigenvalue weighted by Gasteiger charge is 2.44. The van der Waals surface area contributed by atoms with Gasteiger partial charge in [-0.15, -0.1) is 0 Å². The normalized spacial score (nSPS) is 16.0. The SMILES string of the molecule is COC(=O)C1(NC(=O)c2nn(C(C)C)c(=O)c3ccccc23)CCCC1. The van der Waals surface area contributed by atoms with E-state index in [2.05, 4.69) is 10.4 Å². The monoisotopic (exact) mass is 357 g/mol. The Bertz CT molecular complexity index is 911. The zero-order chi connectivity index (χ0) is 18.9. The molecule has 1 saturated carbocycles. The Kier molecular flexibility index (Phi) is 4.80. The van der Waals surface area contributed by atoms with Crippen molar-refractivity contribution < 1.29 is 14.3 Å². The summed E-state index contributed by atoms with van der Waals surface area (Å²) in [5, 5.41) is 8.05. The number of hydrogen-bond donors (Lipinski definition) is 1. The summed E-state index contributed by atoms with van der Waals surface area (Å²) in [6.45, 7) is 3.66. The van der Waals surface area contributed by atoms with Crippen LogP contribution >= 0.6 is 0 Å². The van der Waals surface area contributed by atoms with Crippen LogP contribution in [-0.2, 0) is 9.53 Å². The molecule has 0 saturated heterocycles. The lowest BCUT2D eigenvalue weighted by molar-refractivity contribution is -0.148. The molecule has 1 aliphatic carbocycles. The molecule has 1 fully saturated rings. The molecule has 1 heterocycles. The quantitative estimate of drug-likeness (QED) is 0.847. The number of nitrogens with zero attached hydrogens (tertiary/aromatic N) is 2. The smallest absolute Gasteiger partial charge is 0.331 e. The van der Waals surface area contributed by atoms with Gasteiger partial charge in [-0.2, -0.15) is 5.10 Å². The first-order chi connectivity index (χ1) is 12.4. The van der Waals surface area contributed by atoms with Gasteiger partial charge in [0.2, 0.25) is 0 Å². The van der Waals surface area contributed by atoms with Crippen molar-refractivity contribution in [1.82, 2.24) is 15.1 Å². The second-order valence-corrected chi connectivity index (χ2v) is 6.97. The first kappa shape index (κ1) is 18.1. The third kappa shape index (κ3) is 2.98. The fourth-order valence-corrected chi connectivity index (χ4v) is 3.55. The molecule has 1 aromatic heterocycles. The van der Waals surface area contributed by atoms with E-state index in [4.69, 9.17) is 4.74 Å². The number of ether oxygens (including phenoxy) is 1. The summed E-state index contributed by atoms with van der Waals surface area (Å²) >= 11 is 0. The summed E-state index contributed by atoms with van der Waals surface area (Å²) in [5.41, 5.74) is -1.12. The van der Waals surface area contributed by atoms with Gasteiger partial charge in [-0.3, -0.25) is 9.59 Å². The van der Waals surface area contributed by atoms with Crippen LogP contribution in [0.4, 0.5) is 0 Å². The number of aromatic nitrogens is 2. The zero-order valence-electron chi connectivity index (χ0n) is 15.2. The van der Waals surface area contributed by atoms with Crippen molar-refractivity contribution in [2.45, 2.75) is 51.1 Å². The second-order valence-electron chi connectivity index (χ2n) is 6.97. The summed E-state index contributed by atoms with van der Waals surface area (Å²) in [7, 11) is 1.32. The van der Waals surface area contributed by atoms with E-state index >= 15 is 0 Å². The Labute approximate surface area is 151 Å². The summed E-state index contributed by atoms with van der Waals surface area (Å²) in [6.07, 6.45) is 2.75. The molecule has 7 nitrogen and oxygen atoms in total. The van der Waals surface area contributed by atoms with Crippen LogP contribution in [-0.4, -0.2) is 34.3 Å². The third-order valence-corrected chi connectivity index (χ3v) is 4.92. The minimum Gasteiger partial charge on any atom is -0.467 e. The molecule has 1 amide bonds. The Morgan fingerprint density at radius 1 is 1.19 bits per heavy atom. The van der Waals surface area contributed by atoms with Gasteiger partial charge in [0.25, 0.3) is 11.5 Å². The number of nitrogens with one attached hydrogen (secondary N) is 1. The molecular weight excluding hydrogens is 334 g/mol. The van der Waals surface area contributed by atoms with Crippen molar-refractivity contribution in [2.24, 2.45) is 0 Å². The zero-order valence-corrected chi connectivity index (χ0v) is 15.2. The van der Waals surface area contributed by atoms with Crippen molar-refractivity contribution in [1.29, 1.82) is 0 Å². The number of methoxy groups -OCH3 is 1. The molecule has 26 heavy (non-hydrogen) atoms. The molecule has 3 rings (SSSR count). The number of benzene rings is 1. The van der Waals surface area contributed by atoms with E-state index in [0.717, 1.165) is 12.8 Å². The lowest BCUT2D eigenvalue weighted by atomic mass is 9.97. The predicted octanol–water partition coefficient (Wildman–Crippen LogP) is 2.19. The average molecular weight is 357 g/mol. The van der Waals surface area contributed by atoms with Gasteiger partial charge in [-0.1, -0.05) is 31.0 Å². The molecule has 0 atom stereocenters. The molecule has 1 aromatic carbocycles. The summed E-state index contributed by atoms with van der Waals surface area (Å²) < 4.78 is 6.22. The topological polar surface area (TPSA) is 90.3 Å². The van der Waals surface area contributed by atoms with Gasteiger partial charge in [0.05, 0.1) is 18.5 Å². The Morgan fingerprint density at radius 2 is 1.81 bits per heavy atom. The van der Waals surface area contributed by atoms with Gasteiger partial charge < -0.3 is 10.1 Å². The van der Waals surface area contributed by atoms with E-state index in [1.54, 1.807) is 24.3 Å². The molecule has 0 aliphatic heterocycles. The molecule has 0 spiro atoms. The van der Waals surface area contributed by atoms with Crippen LogP contribution in [0.1, 0.15) is 56.1 Å². The van der Waals surface area contributed by atoms with Crippen LogP contribution in [0.2, 0.25) is 0 Å². The number of amides is 1. The van der Waals surface area contributed by atoms with E-state index in [1.165, 1.54) is 11.8 Å². The molecule has 1 aliphatic rings. The van der Waals surface area contributed by atoms with Gasteiger partial charge >= 0.3 is 5.97 Å². The summed E-state index contributed by atoms with van der Waals surface area (Å²) in [5.74, 6) is -0.910. The minimum absolute atomic E-state index is 0.143. The number of rotatable bonds is 4. The Balaban J connectivity index is 2.10. The molecule has 138 valence electrons. The Hall–Kier alpha value is -2.70. The van der Waals surface area contributed by atoms with Gasteiger partial charge in [0.1, 0.15) is 5.54 Å².